The maximum Gasteiger partial charge on any atom is 0.170 e. The van der Waals surface area contributed by atoms with Gasteiger partial charge in [-0.3, -0.25) is 0 Å². The molecule has 0 fully saturated rings. The van der Waals surface area contributed by atoms with Gasteiger partial charge >= 0.3 is 0 Å². The van der Waals surface area contributed by atoms with Crippen molar-refractivity contribution in [2.75, 3.05) is 18.5 Å². The van der Waals surface area contributed by atoms with E-state index in [1.807, 2.05) is 12.1 Å². The fourth-order valence-corrected chi connectivity index (χ4v) is 2.47. The zero-order valence-electron chi connectivity index (χ0n) is 14.2. The molecule has 5 heteroatoms. The normalized spacial score (nSPS) is 10.5. The molecule has 1 heterocycles. The largest absolute Gasteiger partial charge is 0.467 e. The molecule has 0 bridgehead atoms. The summed E-state index contributed by atoms with van der Waals surface area (Å²) in [6, 6.07) is 12.2. The molecule has 0 amide bonds. The zero-order chi connectivity index (χ0) is 17.0. The summed E-state index contributed by atoms with van der Waals surface area (Å²) in [5.74, 6) is 0.850. The molecule has 0 saturated heterocycles. The Bertz CT molecular complexity index is 582. The van der Waals surface area contributed by atoms with Crippen molar-refractivity contribution < 1.29 is 9.15 Å². The predicted molar refractivity (Wildman–Crippen MR) is 102 cm³/mol. The van der Waals surface area contributed by atoms with E-state index in [9.17, 15) is 0 Å². The molecule has 4 nitrogen and oxygen atoms in total. The summed E-state index contributed by atoms with van der Waals surface area (Å²) in [5, 5.41) is 7.03. The number of hydrogen-bond donors (Lipinski definition) is 2. The van der Waals surface area contributed by atoms with Crippen molar-refractivity contribution in [2.24, 2.45) is 0 Å². The van der Waals surface area contributed by atoms with Gasteiger partial charge in [-0.05, 0) is 61.3 Å². The summed E-state index contributed by atoms with van der Waals surface area (Å²) >= 11 is 5.30. The Morgan fingerprint density at radius 3 is 2.71 bits per heavy atom. The Morgan fingerprint density at radius 1 is 1.17 bits per heavy atom. The van der Waals surface area contributed by atoms with Gasteiger partial charge in [0.25, 0.3) is 0 Å². The Kier molecular flexibility index (Phi) is 8.35. The van der Waals surface area contributed by atoms with Gasteiger partial charge in [-0.15, -0.1) is 0 Å². The Morgan fingerprint density at radius 2 is 2.00 bits per heavy atom. The minimum atomic E-state index is 0.514. The second-order valence-electron chi connectivity index (χ2n) is 5.67. The smallest absolute Gasteiger partial charge is 0.170 e. The molecule has 1 aromatic carbocycles. The number of benzene rings is 1. The molecule has 0 saturated carbocycles. The van der Waals surface area contributed by atoms with Gasteiger partial charge in [0.2, 0.25) is 0 Å². The third-order valence-electron chi connectivity index (χ3n) is 3.61. The van der Waals surface area contributed by atoms with Crippen LogP contribution in [0.4, 0.5) is 5.69 Å². The van der Waals surface area contributed by atoms with E-state index in [1.54, 1.807) is 6.26 Å². The molecule has 2 aromatic rings. The number of aryl methyl sites for hydroxylation is 1. The van der Waals surface area contributed by atoms with Crippen LogP contribution >= 0.6 is 12.2 Å². The van der Waals surface area contributed by atoms with E-state index in [4.69, 9.17) is 21.4 Å². The van der Waals surface area contributed by atoms with E-state index in [0.29, 0.717) is 18.3 Å². The van der Waals surface area contributed by atoms with Crippen LogP contribution in [0.5, 0.6) is 0 Å². The minimum Gasteiger partial charge on any atom is -0.467 e. The van der Waals surface area contributed by atoms with E-state index in [0.717, 1.165) is 30.8 Å². The Balaban J connectivity index is 1.55. The van der Waals surface area contributed by atoms with E-state index in [-0.39, 0.29) is 0 Å². The van der Waals surface area contributed by atoms with E-state index < -0.39 is 0 Å². The van der Waals surface area contributed by atoms with Crippen LogP contribution in [-0.4, -0.2) is 18.3 Å². The fraction of sp³-hybridized carbons (Fsp3) is 0.421. The summed E-state index contributed by atoms with van der Waals surface area (Å²) < 4.78 is 10.7. The SMILES string of the molecule is CCCCc1ccc(NC(=S)NCCCOCc2ccco2)cc1. The lowest BCUT2D eigenvalue weighted by Crippen LogP contribution is -2.29. The Hall–Kier alpha value is -1.85. The monoisotopic (exact) mass is 346 g/mol. The second-order valence-corrected chi connectivity index (χ2v) is 6.08. The molecule has 0 aliphatic heterocycles. The van der Waals surface area contributed by atoms with E-state index >= 15 is 0 Å². The molecule has 0 atom stereocenters. The van der Waals surface area contributed by atoms with Gasteiger partial charge in [-0.2, -0.15) is 0 Å². The molecule has 2 N–H and O–H groups in total. The first-order valence-electron chi connectivity index (χ1n) is 8.52. The summed E-state index contributed by atoms with van der Waals surface area (Å²) in [6.07, 6.45) is 6.13. The van der Waals surface area contributed by atoms with Gasteiger partial charge in [0.15, 0.2) is 5.11 Å². The summed E-state index contributed by atoms with van der Waals surface area (Å²) in [7, 11) is 0. The summed E-state index contributed by atoms with van der Waals surface area (Å²) in [4.78, 5) is 0. The van der Waals surface area contributed by atoms with Crippen LogP contribution in [0, 0.1) is 0 Å². The van der Waals surface area contributed by atoms with Crippen molar-refractivity contribution in [1.29, 1.82) is 0 Å². The van der Waals surface area contributed by atoms with Crippen molar-refractivity contribution in [3.8, 4) is 0 Å². The van der Waals surface area contributed by atoms with Crippen molar-refractivity contribution in [2.45, 2.75) is 39.2 Å². The number of anilines is 1. The van der Waals surface area contributed by atoms with Crippen LogP contribution in [-0.2, 0) is 17.8 Å². The van der Waals surface area contributed by atoms with Crippen molar-refractivity contribution in [3.05, 3.63) is 54.0 Å². The molecule has 0 aliphatic rings. The zero-order valence-corrected chi connectivity index (χ0v) is 15.0. The lowest BCUT2D eigenvalue weighted by Gasteiger charge is -2.11. The third-order valence-corrected chi connectivity index (χ3v) is 3.85. The van der Waals surface area contributed by atoms with E-state index in [1.165, 1.54) is 18.4 Å². The Labute approximate surface area is 149 Å². The number of ether oxygens (including phenoxy) is 1. The molecule has 130 valence electrons. The second kappa shape index (κ2) is 10.8. The molecular weight excluding hydrogens is 320 g/mol. The number of nitrogens with one attached hydrogen (secondary N) is 2. The van der Waals surface area contributed by atoms with Gasteiger partial charge in [-0.25, -0.2) is 0 Å². The number of furan rings is 1. The van der Waals surface area contributed by atoms with Gasteiger partial charge in [-0.1, -0.05) is 25.5 Å². The van der Waals surface area contributed by atoms with Gasteiger partial charge in [0, 0.05) is 18.8 Å². The van der Waals surface area contributed by atoms with Crippen LogP contribution < -0.4 is 10.6 Å². The minimum absolute atomic E-state index is 0.514. The number of unbranched alkanes of at least 4 members (excludes halogenated alkanes) is 1. The van der Waals surface area contributed by atoms with Crippen molar-refractivity contribution in [1.82, 2.24) is 5.32 Å². The molecule has 0 aliphatic carbocycles. The predicted octanol–water partition coefficient (Wildman–Crippen LogP) is 4.52. The molecule has 1 aromatic heterocycles. The number of rotatable bonds is 10. The fourth-order valence-electron chi connectivity index (χ4n) is 2.25. The number of thiocarbonyl (C=S) groups is 1. The average molecular weight is 346 g/mol. The quantitative estimate of drug-likeness (QED) is 0.489. The molecule has 24 heavy (non-hydrogen) atoms. The van der Waals surface area contributed by atoms with Crippen molar-refractivity contribution >= 4 is 23.0 Å². The van der Waals surface area contributed by atoms with Gasteiger partial charge in [0.1, 0.15) is 12.4 Å². The van der Waals surface area contributed by atoms with Crippen LogP contribution in [0.2, 0.25) is 0 Å². The molecule has 0 spiro atoms. The van der Waals surface area contributed by atoms with Crippen LogP contribution in [0.15, 0.2) is 47.1 Å². The van der Waals surface area contributed by atoms with Crippen molar-refractivity contribution in [3.63, 3.8) is 0 Å². The average Bonchev–Trinajstić information content (AvgIpc) is 3.11. The number of hydrogen-bond acceptors (Lipinski definition) is 3. The maximum atomic E-state index is 5.53. The topological polar surface area (TPSA) is 46.4 Å². The van der Waals surface area contributed by atoms with Crippen LogP contribution in [0.1, 0.15) is 37.5 Å². The highest BCUT2D eigenvalue weighted by atomic mass is 32.1. The third kappa shape index (κ3) is 7.15. The first kappa shape index (κ1) is 18.5. The highest BCUT2D eigenvalue weighted by Crippen LogP contribution is 2.11. The molecule has 0 unspecified atom stereocenters. The lowest BCUT2D eigenvalue weighted by atomic mass is 10.1. The van der Waals surface area contributed by atoms with Crippen LogP contribution in [0.25, 0.3) is 0 Å². The van der Waals surface area contributed by atoms with Gasteiger partial charge < -0.3 is 19.8 Å². The first-order valence-corrected chi connectivity index (χ1v) is 8.92. The molecule has 0 radical (unpaired) electrons. The standard InChI is InChI=1S/C19H26N2O2S/c1-2-3-6-16-8-10-17(11-9-16)21-19(24)20-12-5-13-22-15-18-7-4-14-23-18/h4,7-11,14H,2-3,5-6,12-13,15H2,1H3,(H2,20,21,24). The first-order chi connectivity index (χ1) is 11.8. The van der Waals surface area contributed by atoms with Crippen LogP contribution in [0.3, 0.4) is 0 Å². The van der Waals surface area contributed by atoms with E-state index in [2.05, 4.69) is 41.8 Å². The summed E-state index contributed by atoms with van der Waals surface area (Å²) in [6.45, 7) is 4.17. The summed E-state index contributed by atoms with van der Waals surface area (Å²) in [5.41, 5.74) is 2.39. The molecular formula is C19H26N2O2S. The highest BCUT2D eigenvalue weighted by molar-refractivity contribution is 7.80. The molecule has 2 rings (SSSR count). The lowest BCUT2D eigenvalue weighted by molar-refractivity contribution is 0.105. The van der Waals surface area contributed by atoms with Gasteiger partial charge in [0.05, 0.1) is 6.26 Å². The maximum absolute atomic E-state index is 5.53. The highest BCUT2D eigenvalue weighted by Gasteiger charge is 1.99.